The summed E-state index contributed by atoms with van der Waals surface area (Å²) in [6.45, 7) is 5.17. The van der Waals surface area contributed by atoms with Gasteiger partial charge in [0.1, 0.15) is 6.61 Å². The zero-order valence-electron chi connectivity index (χ0n) is 11.3. The molecule has 0 spiro atoms. The summed E-state index contributed by atoms with van der Waals surface area (Å²) in [6.07, 6.45) is -0.155. The van der Waals surface area contributed by atoms with Crippen molar-refractivity contribution in [1.82, 2.24) is 4.90 Å². The van der Waals surface area contributed by atoms with E-state index in [9.17, 15) is 4.79 Å². The van der Waals surface area contributed by atoms with E-state index in [1.165, 1.54) is 0 Å². The van der Waals surface area contributed by atoms with Crippen LogP contribution in [0.1, 0.15) is 13.8 Å². The molecule has 5 heteroatoms. The molecule has 0 saturated carbocycles. The molecule has 1 aliphatic heterocycles. The van der Waals surface area contributed by atoms with Crippen LogP contribution in [0, 0.1) is 0 Å². The lowest BCUT2D eigenvalue weighted by Crippen LogP contribution is -2.48. The number of likely N-dealkylation sites (N-methyl/N-ethyl adjacent to an activating group) is 1. The number of amides is 1. The average Bonchev–Trinajstić information content (AvgIpc) is 2.43. The van der Waals surface area contributed by atoms with E-state index in [0.717, 1.165) is 11.5 Å². The number of benzene rings is 1. The van der Waals surface area contributed by atoms with Crippen LogP contribution in [0.25, 0.3) is 0 Å². The van der Waals surface area contributed by atoms with Crippen molar-refractivity contribution in [3.05, 3.63) is 24.3 Å². The number of nitrogens with two attached hydrogens (primary N) is 1. The molecule has 1 amide bonds. The van der Waals surface area contributed by atoms with Crippen molar-refractivity contribution in [2.45, 2.75) is 26.0 Å². The molecule has 2 atom stereocenters. The van der Waals surface area contributed by atoms with Crippen molar-refractivity contribution in [1.29, 1.82) is 0 Å². The van der Waals surface area contributed by atoms with E-state index < -0.39 is 6.04 Å². The van der Waals surface area contributed by atoms with Gasteiger partial charge >= 0.3 is 0 Å². The summed E-state index contributed by atoms with van der Waals surface area (Å²) in [7, 11) is 0. The molecule has 1 aromatic carbocycles. The Hall–Kier alpha value is -1.75. The quantitative estimate of drug-likeness (QED) is 0.882. The SMILES string of the molecule is CCN(CC1COc2ccccc2O1)C(=O)[C@H](C)N. The third kappa shape index (κ3) is 3.17. The number of fused-ring (bicyclic) bond motifs is 1. The largest absolute Gasteiger partial charge is 0.486 e. The van der Waals surface area contributed by atoms with Crippen LogP contribution in [0.15, 0.2) is 24.3 Å². The van der Waals surface area contributed by atoms with Crippen LogP contribution in [0.2, 0.25) is 0 Å². The van der Waals surface area contributed by atoms with Crippen molar-refractivity contribution in [2.24, 2.45) is 5.73 Å². The van der Waals surface area contributed by atoms with Crippen molar-refractivity contribution < 1.29 is 14.3 Å². The first-order valence-electron chi connectivity index (χ1n) is 6.54. The summed E-state index contributed by atoms with van der Waals surface area (Å²) < 4.78 is 11.5. The molecular formula is C14H20N2O3. The summed E-state index contributed by atoms with van der Waals surface area (Å²) in [5.41, 5.74) is 5.63. The van der Waals surface area contributed by atoms with Crippen molar-refractivity contribution in [3.8, 4) is 11.5 Å². The molecule has 0 saturated heterocycles. The number of hydrogen-bond acceptors (Lipinski definition) is 4. The Balaban J connectivity index is 1.99. The first-order chi connectivity index (χ1) is 9.11. The molecule has 5 nitrogen and oxygen atoms in total. The predicted octanol–water partition coefficient (Wildman–Crippen LogP) is 1.02. The van der Waals surface area contributed by atoms with Crippen LogP contribution in [-0.2, 0) is 4.79 Å². The van der Waals surface area contributed by atoms with Gasteiger partial charge in [0.15, 0.2) is 17.6 Å². The first-order valence-corrected chi connectivity index (χ1v) is 6.54. The zero-order valence-corrected chi connectivity index (χ0v) is 11.3. The van der Waals surface area contributed by atoms with Gasteiger partial charge in [-0.2, -0.15) is 0 Å². The molecule has 104 valence electrons. The van der Waals surface area contributed by atoms with E-state index in [1.54, 1.807) is 11.8 Å². The number of rotatable bonds is 4. The maximum Gasteiger partial charge on any atom is 0.239 e. The Morgan fingerprint density at radius 2 is 2.16 bits per heavy atom. The van der Waals surface area contributed by atoms with Crippen molar-refractivity contribution in [3.63, 3.8) is 0 Å². The highest BCUT2D eigenvalue weighted by Crippen LogP contribution is 2.30. The monoisotopic (exact) mass is 264 g/mol. The molecule has 2 rings (SSSR count). The summed E-state index contributed by atoms with van der Waals surface area (Å²) >= 11 is 0. The van der Waals surface area contributed by atoms with Gasteiger partial charge in [0.05, 0.1) is 12.6 Å². The Labute approximate surface area is 113 Å². The number of carbonyl (C=O) groups is 1. The summed E-state index contributed by atoms with van der Waals surface area (Å²) in [6, 6.07) is 7.05. The second kappa shape index (κ2) is 5.93. The fraction of sp³-hybridized carbons (Fsp3) is 0.500. The first kappa shape index (κ1) is 13.7. The molecule has 19 heavy (non-hydrogen) atoms. The van der Waals surface area contributed by atoms with E-state index in [1.807, 2.05) is 31.2 Å². The zero-order chi connectivity index (χ0) is 13.8. The molecule has 1 heterocycles. The van der Waals surface area contributed by atoms with Gasteiger partial charge < -0.3 is 20.1 Å². The van der Waals surface area contributed by atoms with E-state index in [4.69, 9.17) is 15.2 Å². The molecule has 0 radical (unpaired) electrons. The lowest BCUT2D eigenvalue weighted by molar-refractivity contribution is -0.133. The van der Waals surface area contributed by atoms with Gasteiger partial charge in [-0.3, -0.25) is 4.79 Å². The van der Waals surface area contributed by atoms with Gasteiger partial charge in [-0.25, -0.2) is 0 Å². The highest BCUT2D eigenvalue weighted by atomic mass is 16.6. The van der Waals surface area contributed by atoms with Crippen molar-refractivity contribution in [2.75, 3.05) is 19.7 Å². The Bertz CT molecular complexity index is 448. The Morgan fingerprint density at radius 1 is 1.47 bits per heavy atom. The molecule has 0 aromatic heterocycles. The number of para-hydroxylation sites is 2. The smallest absolute Gasteiger partial charge is 0.239 e. The molecule has 1 unspecified atom stereocenters. The van der Waals surface area contributed by atoms with Crippen LogP contribution < -0.4 is 15.2 Å². The third-order valence-electron chi connectivity index (χ3n) is 3.07. The number of ether oxygens (including phenoxy) is 2. The number of carbonyl (C=O) groups excluding carboxylic acids is 1. The minimum Gasteiger partial charge on any atom is -0.486 e. The Kier molecular flexibility index (Phi) is 4.27. The molecule has 1 aromatic rings. The summed E-state index contributed by atoms with van der Waals surface area (Å²) in [4.78, 5) is 13.6. The highest BCUT2D eigenvalue weighted by molar-refractivity contribution is 5.81. The molecule has 1 aliphatic rings. The minimum atomic E-state index is -0.489. The van der Waals surface area contributed by atoms with E-state index in [-0.39, 0.29) is 12.0 Å². The molecule has 0 fully saturated rings. The maximum atomic E-state index is 11.9. The minimum absolute atomic E-state index is 0.0649. The van der Waals surface area contributed by atoms with Gasteiger partial charge in [-0.05, 0) is 26.0 Å². The standard InChI is InChI=1S/C14H20N2O3/c1-3-16(14(17)10(2)15)8-11-9-18-12-6-4-5-7-13(12)19-11/h4-7,10-11H,3,8-9,15H2,1-2H3/t10-,11?/m0/s1. The van der Waals surface area contributed by atoms with Gasteiger partial charge in [-0.1, -0.05) is 12.1 Å². The number of nitrogens with zero attached hydrogens (tertiary/aromatic N) is 1. The van der Waals surface area contributed by atoms with Gasteiger partial charge in [0.2, 0.25) is 5.91 Å². The topological polar surface area (TPSA) is 64.8 Å². The second-order valence-electron chi connectivity index (χ2n) is 4.66. The van der Waals surface area contributed by atoms with Gasteiger partial charge in [-0.15, -0.1) is 0 Å². The summed E-state index contributed by atoms with van der Waals surface area (Å²) in [5.74, 6) is 1.41. The second-order valence-corrected chi connectivity index (χ2v) is 4.66. The van der Waals surface area contributed by atoms with Crippen LogP contribution >= 0.6 is 0 Å². The van der Waals surface area contributed by atoms with E-state index in [0.29, 0.717) is 19.7 Å². The molecular weight excluding hydrogens is 244 g/mol. The van der Waals surface area contributed by atoms with Crippen molar-refractivity contribution >= 4 is 5.91 Å². The van der Waals surface area contributed by atoms with Gasteiger partial charge in [0.25, 0.3) is 0 Å². The van der Waals surface area contributed by atoms with E-state index >= 15 is 0 Å². The maximum absolute atomic E-state index is 11.9. The van der Waals surface area contributed by atoms with Crippen LogP contribution in [0.4, 0.5) is 0 Å². The molecule has 0 bridgehead atoms. The third-order valence-corrected chi connectivity index (χ3v) is 3.07. The van der Waals surface area contributed by atoms with E-state index in [2.05, 4.69) is 0 Å². The number of hydrogen-bond donors (Lipinski definition) is 1. The highest BCUT2D eigenvalue weighted by Gasteiger charge is 2.25. The van der Waals surface area contributed by atoms with Crippen LogP contribution in [0.5, 0.6) is 11.5 Å². The lowest BCUT2D eigenvalue weighted by Gasteiger charge is -2.31. The normalized spacial score (nSPS) is 18.8. The summed E-state index contributed by atoms with van der Waals surface area (Å²) in [5, 5.41) is 0. The molecule has 0 aliphatic carbocycles. The fourth-order valence-electron chi connectivity index (χ4n) is 2.06. The van der Waals surface area contributed by atoms with Crippen LogP contribution in [0.3, 0.4) is 0 Å². The molecule has 2 N–H and O–H groups in total. The van der Waals surface area contributed by atoms with Crippen LogP contribution in [-0.4, -0.2) is 42.6 Å². The fourth-order valence-corrected chi connectivity index (χ4v) is 2.06. The lowest BCUT2D eigenvalue weighted by atomic mass is 10.2. The Morgan fingerprint density at radius 3 is 2.79 bits per heavy atom. The van der Waals surface area contributed by atoms with Gasteiger partial charge in [0, 0.05) is 6.54 Å². The predicted molar refractivity (Wildman–Crippen MR) is 72.3 cm³/mol. The average molecular weight is 264 g/mol.